The minimum atomic E-state index is -3.38. The minimum absolute atomic E-state index is 0.0391. The van der Waals surface area contributed by atoms with Crippen LogP contribution in [0.3, 0.4) is 0 Å². The highest BCUT2D eigenvalue weighted by atomic mass is 32.2. The molecule has 32 heavy (non-hydrogen) atoms. The van der Waals surface area contributed by atoms with Gasteiger partial charge in [0, 0.05) is 38.3 Å². The molecule has 3 heterocycles. The smallest absolute Gasteiger partial charge is 0.214 e. The fourth-order valence-electron chi connectivity index (χ4n) is 5.65. The fraction of sp³-hybridized carbons (Fsp3) is 0.727. The maximum Gasteiger partial charge on any atom is 0.214 e. The van der Waals surface area contributed by atoms with Crippen molar-refractivity contribution in [1.29, 1.82) is 0 Å². The molecular weight excluding hydrogens is 450 g/mol. The molecule has 1 aromatic rings. The van der Waals surface area contributed by atoms with Gasteiger partial charge in [-0.25, -0.2) is 21.6 Å². The van der Waals surface area contributed by atoms with Crippen molar-refractivity contribution < 1.29 is 21.6 Å². The van der Waals surface area contributed by atoms with Gasteiger partial charge in [-0.1, -0.05) is 6.07 Å². The van der Waals surface area contributed by atoms with Gasteiger partial charge in [-0.15, -0.1) is 0 Å². The summed E-state index contributed by atoms with van der Waals surface area (Å²) in [5.74, 6) is 1.32. The first kappa shape index (κ1) is 23.9. The lowest BCUT2D eigenvalue weighted by Gasteiger charge is -2.51. The lowest BCUT2D eigenvalue weighted by molar-refractivity contribution is 0.0219. The summed E-state index contributed by atoms with van der Waals surface area (Å²) in [6.07, 6.45) is 5.90. The maximum atomic E-state index is 13.2. The molecule has 2 fully saturated rings. The molecule has 0 bridgehead atoms. The van der Waals surface area contributed by atoms with E-state index in [2.05, 4.69) is 21.8 Å². The highest BCUT2D eigenvalue weighted by molar-refractivity contribution is 7.89. The highest BCUT2D eigenvalue weighted by Crippen LogP contribution is 2.44. The van der Waals surface area contributed by atoms with Crippen molar-refractivity contribution in [2.45, 2.75) is 50.6 Å². The predicted molar refractivity (Wildman–Crippen MR) is 125 cm³/mol. The third-order valence-corrected chi connectivity index (χ3v) is 9.87. The summed E-state index contributed by atoms with van der Waals surface area (Å²) < 4.78 is 58.5. The van der Waals surface area contributed by atoms with E-state index in [9.17, 15) is 16.8 Å². The maximum absolute atomic E-state index is 13.2. The van der Waals surface area contributed by atoms with E-state index in [1.807, 2.05) is 6.07 Å². The van der Waals surface area contributed by atoms with Crippen LogP contribution >= 0.6 is 0 Å². The second kappa shape index (κ2) is 9.58. The van der Waals surface area contributed by atoms with E-state index in [1.165, 1.54) is 11.1 Å². The second-order valence-corrected chi connectivity index (χ2v) is 13.2. The van der Waals surface area contributed by atoms with Crippen molar-refractivity contribution >= 4 is 20.0 Å². The zero-order valence-electron chi connectivity index (χ0n) is 19.0. The van der Waals surface area contributed by atoms with Crippen LogP contribution in [0.1, 0.15) is 49.3 Å². The summed E-state index contributed by atoms with van der Waals surface area (Å²) in [7, 11) is -4.93. The van der Waals surface area contributed by atoms with Crippen LogP contribution < -0.4 is 9.46 Å². The van der Waals surface area contributed by atoms with E-state index in [0.717, 1.165) is 50.8 Å². The summed E-state index contributed by atoms with van der Waals surface area (Å²) in [6.45, 7) is 2.82. The molecular formula is C22H35N3O5S2. The Balaban J connectivity index is 1.45. The molecule has 10 heteroatoms. The number of unbranched alkanes of at least 4 members (excludes halogenated alkanes) is 1. The molecule has 0 saturated carbocycles. The third-order valence-electron chi connectivity index (χ3n) is 7.17. The first-order valence-corrected chi connectivity index (χ1v) is 15.0. The molecule has 0 radical (unpaired) electrons. The van der Waals surface area contributed by atoms with Crippen molar-refractivity contribution in [1.82, 2.24) is 13.9 Å². The first-order chi connectivity index (χ1) is 15.2. The minimum Gasteiger partial charge on any atom is -0.497 e. The zero-order chi connectivity index (χ0) is 22.9. The molecule has 1 aromatic carbocycles. The van der Waals surface area contributed by atoms with Crippen LogP contribution in [0.2, 0.25) is 0 Å². The number of nitrogens with one attached hydrogen (secondary N) is 1. The largest absolute Gasteiger partial charge is 0.497 e. The summed E-state index contributed by atoms with van der Waals surface area (Å²) in [5, 5.41) is 0. The van der Waals surface area contributed by atoms with E-state index < -0.39 is 20.0 Å². The van der Waals surface area contributed by atoms with Gasteiger partial charge in [-0.3, -0.25) is 4.90 Å². The van der Waals surface area contributed by atoms with Crippen LogP contribution in [-0.4, -0.2) is 77.4 Å². The van der Waals surface area contributed by atoms with Crippen molar-refractivity contribution in [2.24, 2.45) is 5.92 Å². The van der Waals surface area contributed by atoms with Crippen molar-refractivity contribution in [3.8, 4) is 5.75 Å². The molecule has 3 atom stereocenters. The molecule has 1 N–H and O–H groups in total. The molecule has 8 nitrogen and oxygen atoms in total. The van der Waals surface area contributed by atoms with Crippen LogP contribution in [0.25, 0.3) is 0 Å². The van der Waals surface area contributed by atoms with Crippen molar-refractivity contribution in [2.75, 3.05) is 45.3 Å². The van der Waals surface area contributed by atoms with Gasteiger partial charge in [0.25, 0.3) is 0 Å². The van der Waals surface area contributed by atoms with E-state index in [1.54, 1.807) is 11.4 Å². The summed E-state index contributed by atoms with van der Waals surface area (Å²) in [5.41, 5.74) is 2.62. The fourth-order valence-corrected chi connectivity index (χ4v) is 8.04. The molecule has 3 aliphatic heterocycles. The normalized spacial score (nSPS) is 26.8. The van der Waals surface area contributed by atoms with Crippen LogP contribution in [0.5, 0.6) is 5.75 Å². The van der Waals surface area contributed by atoms with Crippen molar-refractivity contribution in [3.63, 3.8) is 0 Å². The molecule has 0 aliphatic carbocycles. The Labute approximate surface area is 192 Å². The molecule has 3 aliphatic rings. The quantitative estimate of drug-likeness (QED) is 0.564. The number of methoxy groups -OCH3 is 1. The topological polar surface area (TPSA) is 96.0 Å². The number of nitrogens with zero attached hydrogens (tertiary/aromatic N) is 2. The molecule has 4 rings (SSSR count). The number of hydrogen-bond acceptors (Lipinski definition) is 6. The number of rotatable bonds is 8. The number of sulfonamides is 2. The molecule has 0 amide bonds. The first-order valence-electron chi connectivity index (χ1n) is 11.5. The molecule has 0 aromatic heterocycles. The highest BCUT2D eigenvalue weighted by Gasteiger charge is 2.45. The summed E-state index contributed by atoms with van der Waals surface area (Å²) in [4.78, 5) is 2.54. The number of fused-ring (bicyclic) bond motifs is 4. The van der Waals surface area contributed by atoms with Gasteiger partial charge in [0.15, 0.2) is 0 Å². The van der Waals surface area contributed by atoms with Gasteiger partial charge in [0.05, 0.1) is 19.1 Å². The van der Waals surface area contributed by atoms with E-state index in [-0.39, 0.29) is 24.4 Å². The van der Waals surface area contributed by atoms with Gasteiger partial charge in [-0.2, -0.15) is 4.31 Å². The Morgan fingerprint density at radius 1 is 1.16 bits per heavy atom. The number of hydrogen-bond donors (Lipinski definition) is 1. The van der Waals surface area contributed by atoms with Crippen LogP contribution in [0.15, 0.2) is 18.2 Å². The van der Waals surface area contributed by atoms with Crippen LogP contribution in [-0.2, 0) is 26.5 Å². The average Bonchev–Trinajstić information content (AvgIpc) is 2.75. The summed E-state index contributed by atoms with van der Waals surface area (Å²) in [6, 6.07) is 6.58. The van der Waals surface area contributed by atoms with E-state index in [0.29, 0.717) is 25.3 Å². The van der Waals surface area contributed by atoms with Gasteiger partial charge in [-0.05, 0) is 67.7 Å². The number of piperidine rings is 2. The van der Waals surface area contributed by atoms with Gasteiger partial charge in [0.1, 0.15) is 5.75 Å². The summed E-state index contributed by atoms with van der Waals surface area (Å²) >= 11 is 0. The van der Waals surface area contributed by atoms with Crippen molar-refractivity contribution in [3.05, 3.63) is 29.3 Å². The second-order valence-electron chi connectivity index (χ2n) is 9.33. The average molecular weight is 486 g/mol. The zero-order valence-corrected chi connectivity index (χ0v) is 20.6. The molecule has 0 unspecified atom stereocenters. The standard InChI is InChI=1S/C22H35N3O5S2/c1-30-19-7-8-20-17(14-19)9-12-24-16-18-6-5-11-25(21(18)15-22(20)24)32(28,29)13-4-3-10-23-31(2,26)27/h7-8,14,18,21-23H,3-6,9-13,15-16H2,1-2H3/t18-,21+,22-/m0/s1. The number of benzene rings is 1. The van der Waals surface area contributed by atoms with E-state index >= 15 is 0 Å². The molecule has 180 valence electrons. The van der Waals surface area contributed by atoms with Gasteiger partial charge < -0.3 is 4.74 Å². The lowest BCUT2D eigenvalue weighted by Crippen LogP contribution is -2.57. The van der Waals surface area contributed by atoms with Gasteiger partial charge in [0.2, 0.25) is 20.0 Å². The Kier molecular flexibility index (Phi) is 7.17. The van der Waals surface area contributed by atoms with E-state index in [4.69, 9.17) is 4.74 Å². The molecule has 0 spiro atoms. The Morgan fingerprint density at radius 3 is 2.72 bits per heavy atom. The lowest BCUT2D eigenvalue weighted by atomic mass is 9.77. The van der Waals surface area contributed by atoms with Gasteiger partial charge >= 0.3 is 0 Å². The Bertz CT molecular complexity index is 1030. The number of ether oxygens (including phenoxy) is 1. The Morgan fingerprint density at radius 2 is 1.97 bits per heavy atom. The SMILES string of the molecule is COc1ccc2c(c1)CCN1C[C@@H]3CCCN(S(=O)(=O)CCCCNS(C)(=O)=O)[C@@H]3C[C@@H]21. The van der Waals surface area contributed by atoms with Crippen LogP contribution in [0, 0.1) is 5.92 Å². The molecule has 2 saturated heterocycles. The third kappa shape index (κ3) is 5.30. The predicted octanol–water partition coefficient (Wildman–Crippen LogP) is 1.74. The van der Waals surface area contributed by atoms with Crippen LogP contribution in [0.4, 0.5) is 0 Å². The monoisotopic (exact) mass is 485 g/mol. The Hall–Kier alpha value is -1.20.